The minimum atomic E-state index is -1.75. The highest BCUT2D eigenvalue weighted by Crippen LogP contribution is 2.22. The second kappa shape index (κ2) is 37.9. The van der Waals surface area contributed by atoms with E-state index < -0.39 is 115 Å². The van der Waals surface area contributed by atoms with Crippen LogP contribution in [0.15, 0.2) is 54.7 Å². The number of benzene rings is 2. The van der Waals surface area contributed by atoms with Crippen molar-refractivity contribution in [1.82, 2.24) is 41.8 Å². The molecule has 25 nitrogen and oxygen atoms in total. The molecule has 1 aliphatic heterocycles. The lowest BCUT2D eigenvalue weighted by atomic mass is 9.93. The van der Waals surface area contributed by atoms with Crippen molar-refractivity contribution in [3.63, 3.8) is 0 Å². The second-order valence-electron chi connectivity index (χ2n) is 21.9. The molecule has 3 aromatic rings. The molecule has 0 bridgehead atoms. The Morgan fingerprint density at radius 3 is 1.87 bits per heavy atom. The summed E-state index contributed by atoms with van der Waals surface area (Å²) in [5.41, 5.74) is 7.31. The first-order valence-electron chi connectivity index (χ1n) is 29.3. The van der Waals surface area contributed by atoms with Crippen LogP contribution >= 0.6 is 0 Å². The molecule has 2 aromatic carbocycles. The molecule has 4 rings (SSSR count). The zero-order valence-corrected chi connectivity index (χ0v) is 49.5. The Bertz CT molecular complexity index is 2650. The number of fused-ring (bicyclic) bond motifs is 1. The largest absolute Gasteiger partial charge is 0.508 e. The van der Waals surface area contributed by atoms with Crippen LogP contribution in [0.1, 0.15) is 115 Å². The molecule has 1 aromatic heterocycles. The third kappa shape index (κ3) is 25.8. The Morgan fingerprint density at radius 2 is 1.22 bits per heavy atom. The number of rotatable bonds is 25. The fourth-order valence-corrected chi connectivity index (χ4v) is 9.82. The number of nitrogens with two attached hydrogens (primary N) is 1. The summed E-state index contributed by atoms with van der Waals surface area (Å²) in [6.45, 7) is 5.25. The minimum absolute atomic E-state index is 0.0440. The summed E-state index contributed by atoms with van der Waals surface area (Å²) in [7, 11) is 1.56. The van der Waals surface area contributed by atoms with Crippen LogP contribution in [0.5, 0.6) is 5.75 Å². The smallest absolute Gasteiger partial charge is 0.245 e. The molecule has 0 saturated carbocycles. The summed E-state index contributed by atoms with van der Waals surface area (Å²) < 4.78 is 16.2. The number of aliphatic hydroxyl groups is 2. The van der Waals surface area contributed by atoms with Gasteiger partial charge in [0, 0.05) is 81.4 Å². The molecule has 25 heteroatoms. The van der Waals surface area contributed by atoms with E-state index in [1.54, 1.807) is 24.3 Å². The summed E-state index contributed by atoms with van der Waals surface area (Å²) in [5, 5.41) is 47.4. The topological polar surface area (TPSA) is 376 Å². The molecule has 2 heterocycles. The Morgan fingerprint density at radius 1 is 0.647 bits per heavy atom. The van der Waals surface area contributed by atoms with Crippen LogP contribution < -0.4 is 37.6 Å². The number of methoxy groups -OCH3 is 1. The number of nitrogens with one attached hydrogen (secondary N) is 7. The van der Waals surface area contributed by atoms with Gasteiger partial charge < -0.3 is 81.8 Å². The number of aromatic hydroxyl groups is 1. The summed E-state index contributed by atoms with van der Waals surface area (Å²) in [6.07, 6.45) is 2.71. The van der Waals surface area contributed by atoms with Crippen LogP contribution in [0, 0.1) is 11.8 Å². The van der Waals surface area contributed by atoms with Crippen molar-refractivity contribution in [2.45, 2.75) is 153 Å². The van der Waals surface area contributed by atoms with E-state index in [0.29, 0.717) is 56.6 Å². The standard InChI is InChI=1S/C60H89N9O16/c1-38(2)31-49-57(79)63-43(34-45(74)36-70)12-8-10-25-69(54(76)23-26-84-29-30-85-28-27-83-4)24-9-7-11-41(18-15-39(3)72)55(77)65-51(33-42-35-62-47-14-6-5-13-46(42)47)59(81)68-52(37-71)60(82)64-48(21-22-53(61)75)56(78)67-50(58(80)66-49)32-40-16-19-44(73)20-17-40/h5-6,13-14,16-17,19-20,35,38,41,43,48-52,62,70-71,73H,7-12,15,18,21-34,36-37H2,1-4H3,(H2,61,75)(H,63,79)(H,64,82)(H,65,77)(H,66,80)(H,67,78)(H,68,81)/t41?,43?,48-,49-,50?,51-,52?/m0/s1. The summed E-state index contributed by atoms with van der Waals surface area (Å²) >= 11 is 0. The lowest BCUT2D eigenvalue weighted by molar-refractivity contribution is -0.136. The maximum Gasteiger partial charge on any atom is 0.245 e. The van der Waals surface area contributed by atoms with Gasteiger partial charge in [0.2, 0.25) is 47.3 Å². The molecule has 4 unspecified atom stereocenters. The van der Waals surface area contributed by atoms with E-state index in [-0.39, 0.29) is 107 Å². The van der Waals surface area contributed by atoms with Crippen molar-refractivity contribution in [3.05, 3.63) is 65.9 Å². The Hall–Kier alpha value is -7.32. The molecule has 1 fully saturated rings. The number of phenolic OH excluding ortho intramolecular Hbond substituents is 1. The van der Waals surface area contributed by atoms with Crippen LogP contribution in [-0.2, 0) is 75.0 Å². The van der Waals surface area contributed by atoms with Crippen LogP contribution in [0.2, 0.25) is 0 Å². The third-order valence-electron chi connectivity index (χ3n) is 14.5. The zero-order chi connectivity index (χ0) is 62.3. The van der Waals surface area contributed by atoms with E-state index in [1.165, 1.54) is 31.2 Å². The average Bonchev–Trinajstić information content (AvgIpc) is 3.94. The predicted molar refractivity (Wildman–Crippen MR) is 313 cm³/mol. The highest BCUT2D eigenvalue weighted by molar-refractivity contribution is 5.97. The number of aliphatic hydroxyl groups excluding tert-OH is 2. The number of hydrogen-bond donors (Lipinski definition) is 11. The monoisotopic (exact) mass is 1190 g/mol. The molecule has 0 spiro atoms. The van der Waals surface area contributed by atoms with Gasteiger partial charge in [0.05, 0.1) is 46.1 Å². The lowest BCUT2D eigenvalue weighted by Gasteiger charge is -2.28. The minimum Gasteiger partial charge on any atom is -0.508 e. The highest BCUT2D eigenvalue weighted by atomic mass is 16.5. The van der Waals surface area contributed by atoms with Crippen molar-refractivity contribution in [2.24, 2.45) is 17.6 Å². The summed E-state index contributed by atoms with van der Waals surface area (Å²) in [4.78, 5) is 142. The van der Waals surface area contributed by atoms with Crippen LogP contribution in [0.4, 0.5) is 0 Å². The number of hydrogen-bond acceptors (Lipinski definition) is 16. The van der Waals surface area contributed by atoms with Gasteiger partial charge in [0.15, 0.2) is 5.78 Å². The maximum absolute atomic E-state index is 14.5. The number of phenols is 1. The van der Waals surface area contributed by atoms with Gasteiger partial charge in [-0.2, -0.15) is 0 Å². The van der Waals surface area contributed by atoms with Gasteiger partial charge in [-0.15, -0.1) is 0 Å². The van der Waals surface area contributed by atoms with E-state index in [4.69, 9.17) is 19.9 Å². The fraction of sp³-hybridized carbons (Fsp3) is 0.600. The van der Waals surface area contributed by atoms with Crippen LogP contribution in [-0.4, -0.2) is 187 Å². The average molecular weight is 1190 g/mol. The molecule has 470 valence electrons. The van der Waals surface area contributed by atoms with Crippen molar-refractivity contribution < 1.29 is 77.5 Å². The van der Waals surface area contributed by atoms with Gasteiger partial charge in [-0.25, -0.2) is 0 Å². The highest BCUT2D eigenvalue weighted by Gasteiger charge is 2.35. The van der Waals surface area contributed by atoms with Crippen molar-refractivity contribution >= 4 is 69.7 Å². The lowest BCUT2D eigenvalue weighted by Crippen LogP contribution is -2.60. The van der Waals surface area contributed by atoms with Gasteiger partial charge in [0.1, 0.15) is 48.3 Å². The first kappa shape index (κ1) is 70.2. The number of carbonyl (C=O) groups is 10. The molecule has 0 aliphatic carbocycles. The normalized spacial score (nSPS) is 21.6. The molecule has 8 amide bonds. The van der Waals surface area contributed by atoms with Crippen LogP contribution in [0.3, 0.4) is 0 Å². The third-order valence-corrected chi connectivity index (χ3v) is 14.5. The molecular weight excluding hydrogens is 1100 g/mol. The Kier molecular flexibility index (Phi) is 31.3. The number of Topliss-reactive ketones (excluding diaryl/α,β-unsaturated/α-hetero) is 2. The Labute approximate surface area is 496 Å². The van der Waals surface area contributed by atoms with Crippen molar-refractivity contribution in [1.29, 1.82) is 0 Å². The predicted octanol–water partition coefficient (Wildman–Crippen LogP) is 1.06. The molecule has 1 saturated heterocycles. The van der Waals surface area contributed by atoms with E-state index >= 15 is 0 Å². The van der Waals surface area contributed by atoms with E-state index in [2.05, 4.69) is 36.9 Å². The summed E-state index contributed by atoms with van der Waals surface area (Å²) in [5.74, 6) is -7.90. The Balaban J connectivity index is 1.76. The summed E-state index contributed by atoms with van der Waals surface area (Å²) in [6, 6.07) is 4.73. The number of ether oxygens (including phenoxy) is 3. The van der Waals surface area contributed by atoms with E-state index in [0.717, 1.165) is 10.9 Å². The number of para-hydroxylation sites is 1. The SMILES string of the molecule is COCCOCCOCCC(=O)N1CCCCC(CC(=O)CO)NC(=O)[C@H](CC(C)C)NC(=O)C(Cc2ccc(O)cc2)NC(=O)[C@H](CCC(N)=O)NC(=O)C(CO)NC(=O)[C@H](Cc2c[nH]c3ccccc23)NC(=O)C(CCC(C)=O)CCCC1. The van der Waals surface area contributed by atoms with Gasteiger partial charge in [-0.3, -0.25) is 43.2 Å². The molecule has 12 N–H and O–H groups in total. The number of nitrogens with zero attached hydrogens (tertiary/aromatic N) is 1. The maximum atomic E-state index is 14.5. The van der Waals surface area contributed by atoms with Crippen molar-refractivity contribution in [3.8, 4) is 5.75 Å². The molecule has 7 atom stereocenters. The van der Waals surface area contributed by atoms with Gasteiger partial charge in [-0.1, -0.05) is 50.6 Å². The molecular formula is C60H89N9O16. The van der Waals surface area contributed by atoms with E-state index in [1.807, 2.05) is 32.0 Å². The van der Waals surface area contributed by atoms with Crippen LogP contribution in [0.25, 0.3) is 10.9 Å². The molecule has 0 radical (unpaired) electrons. The molecule has 1 aliphatic rings. The van der Waals surface area contributed by atoms with Gasteiger partial charge >= 0.3 is 0 Å². The van der Waals surface area contributed by atoms with Gasteiger partial charge in [-0.05, 0) is 93.5 Å². The second-order valence-corrected chi connectivity index (χ2v) is 21.9. The van der Waals surface area contributed by atoms with E-state index in [9.17, 15) is 63.3 Å². The fourth-order valence-electron chi connectivity index (χ4n) is 9.82. The quantitative estimate of drug-likeness (QED) is 0.0529. The van der Waals surface area contributed by atoms with Crippen molar-refractivity contribution in [2.75, 3.05) is 66.4 Å². The number of amides is 8. The molecule has 85 heavy (non-hydrogen) atoms. The number of ketones is 2. The first-order chi connectivity index (χ1) is 40.7. The first-order valence-corrected chi connectivity index (χ1v) is 29.3. The number of H-pyrrole nitrogens is 1. The number of primary amides is 1. The van der Waals surface area contributed by atoms with Gasteiger partial charge in [0.25, 0.3) is 0 Å². The number of aromatic amines is 1. The zero-order valence-electron chi connectivity index (χ0n) is 49.5. The number of aromatic nitrogens is 1. The number of carbonyl (C=O) groups excluding carboxylic acids is 10.